The molecule has 3 rings (SSSR count). The van der Waals surface area contributed by atoms with Crippen molar-refractivity contribution in [2.24, 2.45) is 0 Å². The molecule has 0 amide bonds. The van der Waals surface area contributed by atoms with Crippen LogP contribution in [-0.2, 0) is 21.8 Å². The van der Waals surface area contributed by atoms with Gasteiger partial charge in [0.05, 0.1) is 16.8 Å². The van der Waals surface area contributed by atoms with Crippen LogP contribution in [0.4, 0.5) is 8.78 Å². The van der Waals surface area contributed by atoms with Crippen molar-refractivity contribution in [2.75, 3.05) is 0 Å². The number of alkyl halides is 2. The molecule has 0 radical (unpaired) electrons. The minimum Gasteiger partial charge on any atom is -0.473 e. The number of ether oxygens (including phenoxy) is 1. The summed E-state index contributed by atoms with van der Waals surface area (Å²) in [6, 6.07) is 11.5. The van der Waals surface area contributed by atoms with E-state index in [1.54, 1.807) is 18.2 Å². The highest BCUT2D eigenvalue weighted by molar-refractivity contribution is 6.61. The van der Waals surface area contributed by atoms with Crippen LogP contribution in [0.2, 0.25) is 0 Å². The maximum absolute atomic E-state index is 13.3. The van der Waals surface area contributed by atoms with E-state index in [2.05, 4.69) is 4.98 Å². The number of hydrogen-bond acceptors (Lipinski definition) is 4. The fourth-order valence-corrected chi connectivity index (χ4v) is 2.66. The predicted octanol–water partition coefficient (Wildman–Crippen LogP) is 4.07. The van der Waals surface area contributed by atoms with Gasteiger partial charge in [0.2, 0.25) is 5.88 Å². The smallest absolute Gasteiger partial charge is 0.473 e. The van der Waals surface area contributed by atoms with Crippen molar-refractivity contribution in [2.45, 2.75) is 58.4 Å². The Morgan fingerprint density at radius 1 is 1.00 bits per heavy atom. The highest BCUT2D eigenvalue weighted by Gasteiger charge is 2.52. The molecule has 0 spiro atoms. The van der Waals surface area contributed by atoms with Gasteiger partial charge >= 0.3 is 7.12 Å². The van der Waals surface area contributed by atoms with Crippen molar-refractivity contribution < 1.29 is 22.8 Å². The van der Waals surface area contributed by atoms with Gasteiger partial charge in [0.15, 0.2) is 0 Å². The molecule has 2 heterocycles. The molecule has 1 aromatic heterocycles. The third-order valence-electron chi connectivity index (χ3n) is 5.09. The van der Waals surface area contributed by atoms with Gasteiger partial charge in [-0.1, -0.05) is 30.3 Å². The molecule has 0 bridgehead atoms. The first-order valence-electron chi connectivity index (χ1n) is 8.91. The van der Waals surface area contributed by atoms with E-state index < -0.39 is 24.2 Å². The van der Waals surface area contributed by atoms with Crippen LogP contribution in [0.5, 0.6) is 5.88 Å². The highest BCUT2D eigenvalue weighted by Crippen LogP contribution is 2.36. The second-order valence-electron chi connectivity index (χ2n) is 7.86. The molecule has 1 aromatic carbocycles. The summed E-state index contributed by atoms with van der Waals surface area (Å²) in [4.78, 5) is 4.47. The first-order chi connectivity index (χ1) is 12.5. The summed E-state index contributed by atoms with van der Waals surface area (Å²) in [5, 5.41) is 0. The zero-order valence-electron chi connectivity index (χ0n) is 16.3. The van der Waals surface area contributed by atoms with E-state index in [0.717, 1.165) is 12.5 Å². The Hall–Kier alpha value is -1.99. The van der Waals surface area contributed by atoms with E-state index in [0.29, 0.717) is 11.5 Å². The SMILES string of the molecule is CC(F)(F)c1ccc(COc2cccc(B3OC(C)(C)C(C)(C)O3)n2)cc1. The van der Waals surface area contributed by atoms with Crippen LogP contribution < -0.4 is 10.3 Å². The van der Waals surface area contributed by atoms with Crippen molar-refractivity contribution in [1.82, 2.24) is 4.98 Å². The number of rotatable bonds is 5. The first kappa shape index (κ1) is 19.8. The Morgan fingerprint density at radius 3 is 2.15 bits per heavy atom. The average Bonchev–Trinajstić information content (AvgIpc) is 2.81. The third-order valence-corrected chi connectivity index (χ3v) is 5.09. The molecular weight excluding hydrogens is 351 g/mol. The van der Waals surface area contributed by atoms with Crippen LogP contribution in [0.25, 0.3) is 0 Å². The lowest BCUT2D eigenvalue weighted by Crippen LogP contribution is -2.41. The van der Waals surface area contributed by atoms with E-state index in [1.807, 2.05) is 39.8 Å². The van der Waals surface area contributed by atoms with E-state index in [4.69, 9.17) is 14.0 Å². The van der Waals surface area contributed by atoms with Crippen LogP contribution in [0.15, 0.2) is 42.5 Å². The largest absolute Gasteiger partial charge is 0.514 e. The van der Waals surface area contributed by atoms with E-state index in [9.17, 15) is 8.78 Å². The molecule has 4 nitrogen and oxygen atoms in total. The minimum absolute atomic E-state index is 0.0212. The number of pyridine rings is 1. The number of benzene rings is 1. The summed E-state index contributed by atoms with van der Waals surface area (Å²) >= 11 is 0. The van der Waals surface area contributed by atoms with Crippen LogP contribution in [0.1, 0.15) is 45.7 Å². The molecule has 1 aliphatic rings. The monoisotopic (exact) mass is 375 g/mol. The molecule has 7 heteroatoms. The molecule has 27 heavy (non-hydrogen) atoms. The second kappa shape index (κ2) is 6.87. The van der Waals surface area contributed by atoms with Crippen molar-refractivity contribution in [1.29, 1.82) is 0 Å². The lowest BCUT2D eigenvalue weighted by atomic mass is 9.84. The number of aromatic nitrogens is 1. The van der Waals surface area contributed by atoms with Gasteiger partial charge in [-0.25, -0.2) is 13.8 Å². The normalized spacial score (nSPS) is 18.6. The topological polar surface area (TPSA) is 40.6 Å². The van der Waals surface area contributed by atoms with Gasteiger partial charge in [-0.05, 0) is 39.3 Å². The maximum Gasteiger partial charge on any atom is 0.514 e. The second-order valence-corrected chi connectivity index (χ2v) is 7.86. The average molecular weight is 375 g/mol. The van der Waals surface area contributed by atoms with Gasteiger partial charge in [0.1, 0.15) is 6.61 Å². The van der Waals surface area contributed by atoms with Crippen molar-refractivity contribution >= 4 is 12.7 Å². The molecule has 0 aliphatic carbocycles. The lowest BCUT2D eigenvalue weighted by molar-refractivity contribution is 0.00578. The Kier molecular flexibility index (Phi) is 5.03. The Morgan fingerprint density at radius 2 is 1.59 bits per heavy atom. The van der Waals surface area contributed by atoms with Crippen LogP contribution in [0, 0.1) is 0 Å². The lowest BCUT2D eigenvalue weighted by Gasteiger charge is -2.32. The molecule has 1 fully saturated rings. The van der Waals surface area contributed by atoms with Gasteiger partial charge < -0.3 is 14.0 Å². The van der Waals surface area contributed by atoms with Gasteiger partial charge in [0.25, 0.3) is 5.92 Å². The Balaban J connectivity index is 1.67. The summed E-state index contributed by atoms with van der Waals surface area (Å²) < 4.78 is 44.3. The van der Waals surface area contributed by atoms with E-state index in [-0.39, 0.29) is 12.2 Å². The van der Waals surface area contributed by atoms with Crippen LogP contribution in [-0.4, -0.2) is 23.3 Å². The molecule has 0 saturated carbocycles. The number of hydrogen-bond donors (Lipinski definition) is 0. The summed E-state index contributed by atoms with van der Waals surface area (Å²) in [7, 11) is -0.565. The van der Waals surface area contributed by atoms with Crippen molar-refractivity contribution in [3.63, 3.8) is 0 Å². The van der Waals surface area contributed by atoms with E-state index in [1.165, 1.54) is 12.1 Å². The molecule has 0 atom stereocenters. The summed E-state index contributed by atoms with van der Waals surface area (Å²) in [5.74, 6) is -2.43. The molecule has 0 N–H and O–H groups in total. The zero-order valence-corrected chi connectivity index (χ0v) is 16.3. The number of nitrogens with zero attached hydrogens (tertiary/aromatic N) is 1. The number of halogens is 2. The van der Waals surface area contributed by atoms with Crippen molar-refractivity contribution in [3.05, 3.63) is 53.6 Å². The fraction of sp³-hybridized carbons (Fsp3) is 0.450. The molecule has 0 unspecified atom stereocenters. The molecule has 2 aromatic rings. The summed E-state index contributed by atoms with van der Waals surface area (Å²) in [6.07, 6.45) is 0. The van der Waals surface area contributed by atoms with Gasteiger partial charge in [-0.3, -0.25) is 0 Å². The molecular formula is C20H24BF2NO3. The predicted molar refractivity (Wildman–Crippen MR) is 100 cm³/mol. The maximum atomic E-state index is 13.3. The van der Waals surface area contributed by atoms with Gasteiger partial charge in [-0.15, -0.1) is 0 Å². The van der Waals surface area contributed by atoms with Gasteiger partial charge in [0, 0.05) is 18.6 Å². The third kappa shape index (κ3) is 4.30. The minimum atomic E-state index is -2.85. The molecule has 1 saturated heterocycles. The first-order valence-corrected chi connectivity index (χ1v) is 8.91. The Bertz CT molecular complexity index is 788. The van der Waals surface area contributed by atoms with Gasteiger partial charge in [-0.2, -0.15) is 0 Å². The quantitative estimate of drug-likeness (QED) is 0.739. The molecule has 1 aliphatic heterocycles. The highest BCUT2D eigenvalue weighted by atomic mass is 19.3. The van der Waals surface area contributed by atoms with E-state index >= 15 is 0 Å². The standard InChI is InChI=1S/C20H24BF2NO3/c1-18(2)19(3,4)27-21(26-18)16-7-6-8-17(24-16)25-13-14-9-11-15(12-10-14)20(5,22)23/h6-12H,13H2,1-5H3. The summed E-state index contributed by atoms with van der Waals surface area (Å²) in [6.45, 7) is 9.04. The Labute approximate surface area is 159 Å². The van der Waals surface area contributed by atoms with Crippen molar-refractivity contribution in [3.8, 4) is 5.88 Å². The molecule has 144 valence electrons. The van der Waals surface area contributed by atoms with Crippen LogP contribution in [0.3, 0.4) is 0 Å². The van der Waals surface area contributed by atoms with Crippen LogP contribution >= 0.6 is 0 Å². The fourth-order valence-electron chi connectivity index (χ4n) is 2.66. The summed E-state index contributed by atoms with van der Waals surface area (Å²) in [5.41, 5.74) is 0.503. The zero-order chi connectivity index (χ0) is 19.9.